The molecule has 0 amide bonds. The van der Waals surface area contributed by atoms with Crippen LogP contribution in [0, 0.1) is 11.3 Å². The van der Waals surface area contributed by atoms with E-state index in [9.17, 15) is 23.5 Å². The van der Waals surface area contributed by atoms with Crippen LogP contribution in [0.4, 0.5) is 13.2 Å². The second kappa shape index (κ2) is 8.65. The largest absolute Gasteiger partial charge is 0.503 e. The first kappa shape index (κ1) is 21.9. The molecule has 0 saturated carbocycles. The van der Waals surface area contributed by atoms with Gasteiger partial charge in [0.2, 0.25) is 0 Å². The van der Waals surface area contributed by atoms with Crippen molar-refractivity contribution in [2.75, 3.05) is 0 Å². The van der Waals surface area contributed by atoms with E-state index in [1.165, 1.54) is 35.6 Å². The summed E-state index contributed by atoms with van der Waals surface area (Å²) >= 11 is 4.55. The second-order valence-corrected chi connectivity index (χ2v) is 8.40. The lowest BCUT2D eigenvalue weighted by molar-refractivity contribution is -0.137. The van der Waals surface area contributed by atoms with Gasteiger partial charge in [0, 0.05) is 21.0 Å². The normalized spacial score (nSPS) is 12.3. The van der Waals surface area contributed by atoms with E-state index in [4.69, 9.17) is 4.42 Å². The predicted molar refractivity (Wildman–Crippen MR) is 119 cm³/mol. The molecule has 0 spiro atoms. The van der Waals surface area contributed by atoms with Crippen LogP contribution in [0.2, 0.25) is 0 Å². The third-order valence-electron chi connectivity index (χ3n) is 4.52. The number of aliphatic hydroxyl groups is 1. The summed E-state index contributed by atoms with van der Waals surface area (Å²) < 4.78 is 45.4. The van der Waals surface area contributed by atoms with Gasteiger partial charge < -0.3 is 9.52 Å². The fraction of sp³-hybridized carbons (Fsp3) is 0.0435. The van der Waals surface area contributed by atoms with Gasteiger partial charge in [-0.3, -0.25) is 0 Å². The van der Waals surface area contributed by atoms with E-state index in [1.807, 2.05) is 30.3 Å². The maximum Gasteiger partial charge on any atom is 0.416 e. The van der Waals surface area contributed by atoms with Crippen LogP contribution in [-0.4, -0.2) is 10.1 Å². The summed E-state index contributed by atoms with van der Waals surface area (Å²) in [4.78, 5) is 4.43. The minimum absolute atomic E-state index is 0.0469. The topological polar surface area (TPSA) is 70.0 Å². The number of aliphatic hydroxyl groups excluding tert-OH is 1. The number of hydrogen-bond donors (Lipinski definition) is 1. The molecule has 0 aliphatic rings. The van der Waals surface area contributed by atoms with E-state index in [2.05, 4.69) is 20.9 Å². The van der Waals surface area contributed by atoms with Crippen LogP contribution in [0.15, 0.2) is 74.9 Å². The summed E-state index contributed by atoms with van der Waals surface area (Å²) in [5.41, 5.74) is 0.778. The number of nitriles is 1. The van der Waals surface area contributed by atoms with E-state index >= 15 is 0 Å². The highest BCUT2D eigenvalue weighted by Gasteiger charge is 2.30. The Kier molecular flexibility index (Phi) is 5.91. The van der Waals surface area contributed by atoms with Gasteiger partial charge in [-0.1, -0.05) is 40.2 Å². The molecule has 4 rings (SSSR count). The Morgan fingerprint density at radius 1 is 1.06 bits per heavy atom. The Morgan fingerprint density at radius 2 is 1.81 bits per heavy atom. The van der Waals surface area contributed by atoms with Crippen LogP contribution in [0.25, 0.3) is 33.9 Å². The van der Waals surface area contributed by atoms with Crippen LogP contribution in [0.1, 0.15) is 16.3 Å². The van der Waals surface area contributed by atoms with Crippen molar-refractivity contribution in [1.82, 2.24) is 4.98 Å². The highest BCUT2D eigenvalue weighted by atomic mass is 79.9. The molecule has 0 aliphatic heterocycles. The highest BCUT2D eigenvalue weighted by molar-refractivity contribution is 9.10. The van der Waals surface area contributed by atoms with Crippen LogP contribution >= 0.6 is 27.3 Å². The lowest BCUT2D eigenvalue weighted by atomic mass is 10.1. The van der Waals surface area contributed by atoms with Crippen LogP contribution in [0.3, 0.4) is 0 Å². The molecule has 0 atom stereocenters. The van der Waals surface area contributed by atoms with E-state index in [0.717, 1.165) is 22.2 Å². The van der Waals surface area contributed by atoms with Crippen molar-refractivity contribution in [2.24, 2.45) is 0 Å². The van der Waals surface area contributed by atoms with Gasteiger partial charge in [-0.05, 0) is 36.4 Å². The SMILES string of the molecule is N#CC(=C(O)c1ccc(-c2cccc(C(F)(F)F)c2)o1)c1nc(-c2ccc(Br)cc2)cs1. The van der Waals surface area contributed by atoms with E-state index in [-0.39, 0.29) is 22.7 Å². The number of thiazole rings is 1. The maximum atomic E-state index is 13.0. The summed E-state index contributed by atoms with van der Waals surface area (Å²) in [6, 6.07) is 16.9. The van der Waals surface area contributed by atoms with Crippen molar-refractivity contribution in [3.05, 3.63) is 86.8 Å². The Balaban J connectivity index is 1.67. The van der Waals surface area contributed by atoms with Gasteiger partial charge in [0.15, 0.2) is 11.5 Å². The summed E-state index contributed by atoms with van der Waals surface area (Å²) in [6.45, 7) is 0. The molecule has 2 aromatic heterocycles. The molecule has 0 unspecified atom stereocenters. The minimum Gasteiger partial charge on any atom is -0.503 e. The van der Waals surface area contributed by atoms with Gasteiger partial charge in [-0.25, -0.2) is 4.98 Å². The van der Waals surface area contributed by atoms with Gasteiger partial charge in [0.25, 0.3) is 0 Å². The highest BCUT2D eigenvalue weighted by Crippen LogP contribution is 2.35. The number of halogens is 4. The third-order valence-corrected chi connectivity index (χ3v) is 5.91. The van der Waals surface area contributed by atoms with Gasteiger partial charge in [-0.15, -0.1) is 11.3 Å². The monoisotopic (exact) mass is 516 g/mol. The molecule has 2 aromatic carbocycles. The zero-order chi connectivity index (χ0) is 22.9. The fourth-order valence-electron chi connectivity index (χ4n) is 2.94. The molecule has 9 heteroatoms. The summed E-state index contributed by atoms with van der Waals surface area (Å²) in [5.74, 6) is -0.360. The lowest BCUT2D eigenvalue weighted by Gasteiger charge is -2.07. The number of furan rings is 1. The first-order chi connectivity index (χ1) is 15.3. The molecule has 1 N–H and O–H groups in total. The molecule has 32 heavy (non-hydrogen) atoms. The Hall–Kier alpha value is -3.35. The molecule has 2 heterocycles. The van der Waals surface area contributed by atoms with Gasteiger partial charge in [0.05, 0.1) is 11.3 Å². The maximum absolute atomic E-state index is 13.0. The zero-order valence-electron chi connectivity index (χ0n) is 16.0. The molecule has 4 aromatic rings. The standard InChI is InChI=1S/C23H12BrF3N2O2S/c24-16-6-4-13(5-7-16)18-12-32-22(29-18)17(11-28)21(30)20-9-8-19(31-20)14-2-1-3-15(10-14)23(25,26)27/h1-10,12,30H. The van der Waals surface area contributed by atoms with Crippen LogP contribution in [-0.2, 0) is 6.18 Å². The van der Waals surface area contributed by atoms with Crippen molar-refractivity contribution < 1.29 is 22.7 Å². The number of alkyl halides is 3. The molecule has 160 valence electrons. The summed E-state index contributed by atoms with van der Waals surface area (Å²) in [6.07, 6.45) is -4.49. The van der Waals surface area contributed by atoms with Gasteiger partial charge >= 0.3 is 6.18 Å². The molecule has 0 radical (unpaired) electrons. The average Bonchev–Trinajstić information content (AvgIpc) is 3.45. The van der Waals surface area contributed by atoms with Crippen LogP contribution in [0.5, 0.6) is 0 Å². The minimum atomic E-state index is -4.49. The van der Waals surface area contributed by atoms with Crippen molar-refractivity contribution in [3.8, 4) is 28.7 Å². The van der Waals surface area contributed by atoms with Crippen LogP contribution < -0.4 is 0 Å². The Bertz CT molecular complexity index is 1350. The van der Waals surface area contributed by atoms with E-state index in [1.54, 1.807) is 5.38 Å². The summed E-state index contributed by atoms with van der Waals surface area (Å²) in [7, 11) is 0. The Labute approximate surface area is 193 Å². The lowest BCUT2D eigenvalue weighted by Crippen LogP contribution is -2.04. The van der Waals surface area contributed by atoms with Gasteiger partial charge in [-0.2, -0.15) is 18.4 Å². The molecular weight excluding hydrogens is 505 g/mol. The predicted octanol–water partition coefficient (Wildman–Crippen LogP) is 7.80. The number of aromatic nitrogens is 1. The first-order valence-electron chi connectivity index (χ1n) is 9.09. The van der Waals surface area contributed by atoms with Crippen molar-refractivity contribution in [2.45, 2.75) is 6.18 Å². The first-order valence-corrected chi connectivity index (χ1v) is 10.8. The molecule has 4 nitrogen and oxygen atoms in total. The number of hydrogen-bond acceptors (Lipinski definition) is 5. The molecule has 0 fully saturated rings. The fourth-order valence-corrected chi connectivity index (χ4v) is 4.02. The number of rotatable bonds is 4. The quantitative estimate of drug-likeness (QED) is 0.222. The molecule has 0 saturated heterocycles. The smallest absolute Gasteiger partial charge is 0.416 e. The Morgan fingerprint density at radius 3 is 2.50 bits per heavy atom. The summed E-state index contributed by atoms with van der Waals surface area (Å²) in [5, 5.41) is 22.3. The molecule has 0 aliphatic carbocycles. The second-order valence-electron chi connectivity index (χ2n) is 6.62. The van der Waals surface area contributed by atoms with Crippen molar-refractivity contribution in [1.29, 1.82) is 5.26 Å². The number of benzene rings is 2. The average molecular weight is 517 g/mol. The molecular formula is C23H12BrF3N2O2S. The number of allylic oxidation sites excluding steroid dienone is 1. The zero-order valence-corrected chi connectivity index (χ0v) is 18.4. The number of nitrogens with zero attached hydrogens (tertiary/aromatic N) is 2. The third kappa shape index (κ3) is 4.47. The van der Waals surface area contributed by atoms with Crippen molar-refractivity contribution >= 4 is 38.6 Å². The van der Waals surface area contributed by atoms with Gasteiger partial charge in [0.1, 0.15) is 22.4 Å². The van der Waals surface area contributed by atoms with E-state index < -0.39 is 17.5 Å². The molecule has 0 bridgehead atoms. The van der Waals surface area contributed by atoms with Crippen molar-refractivity contribution in [3.63, 3.8) is 0 Å². The van der Waals surface area contributed by atoms with E-state index in [0.29, 0.717) is 10.7 Å².